The van der Waals surface area contributed by atoms with Gasteiger partial charge in [-0.2, -0.15) is 0 Å². The van der Waals surface area contributed by atoms with Crippen molar-refractivity contribution in [2.75, 3.05) is 18.6 Å². The largest absolute Gasteiger partial charge is 0.507 e. The van der Waals surface area contributed by atoms with Gasteiger partial charge >= 0.3 is 11.9 Å². The number of thiazole rings is 1. The summed E-state index contributed by atoms with van der Waals surface area (Å²) < 4.78 is 10.4. The molecule has 4 rings (SSSR count). The second kappa shape index (κ2) is 10.2. The van der Waals surface area contributed by atoms with Gasteiger partial charge < -0.3 is 14.6 Å². The molecule has 0 aliphatic carbocycles. The highest BCUT2D eigenvalue weighted by Crippen LogP contribution is 2.44. The third-order valence-electron chi connectivity index (χ3n) is 5.74. The second-order valence-corrected chi connectivity index (χ2v) is 9.04. The first-order valence-corrected chi connectivity index (χ1v) is 11.9. The van der Waals surface area contributed by atoms with Gasteiger partial charge in [0.1, 0.15) is 23.0 Å². The Kier molecular flexibility index (Phi) is 7.03. The molecular formula is C27H24N2O6S. The molecule has 0 radical (unpaired) electrons. The van der Waals surface area contributed by atoms with Crippen LogP contribution in [0.4, 0.5) is 5.13 Å². The van der Waals surface area contributed by atoms with Gasteiger partial charge in [-0.3, -0.25) is 14.5 Å². The number of hydrogen-bond donors (Lipinski definition) is 1. The Labute approximate surface area is 212 Å². The number of aliphatic hydroxyl groups excluding tert-OH is 1. The van der Waals surface area contributed by atoms with Gasteiger partial charge in [0, 0.05) is 5.56 Å². The van der Waals surface area contributed by atoms with E-state index in [-0.39, 0.29) is 27.9 Å². The van der Waals surface area contributed by atoms with Gasteiger partial charge in [-0.15, -0.1) is 0 Å². The van der Waals surface area contributed by atoms with Gasteiger partial charge in [0.15, 0.2) is 5.13 Å². The van der Waals surface area contributed by atoms with Crippen molar-refractivity contribution in [3.8, 4) is 5.75 Å². The standard InChI is InChI=1S/C27H24N2O6S/c1-5-13-35-26(33)24-16(3)28-27(36-24)29-21(17-9-7-6-8-10-17)20(23(31)25(29)32)22(30)18-11-12-19(34-4)15(2)14-18/h5-12,14,21,30H,1,13H2,2-4H3/b22-20+/t21-/m0/s1. The van der Waals surface area contributed by atoms with Crippen molar-refractivity contribution in [2.24, 2.45) is 0 Å². The number of Topliss-reactive ketones (excluding diaryl/α,β-unsaturated/α-hetero) is 1. The van der Waals surface area contributed by atoms with E-state index in [0.29, 0.717) is 22.6 Å². The molecular weight excluding hydrogens is 480 g/mol. The highest BCUT2D eigenvalue weighted by Gasteiger charge is 2.48. The summed E-state index contributed by atoms with van der Waals surface area (Å²) in [6.45, 7) is 6.99. The molecule has 1 amide bonds. The molecule has 0 spiro atoms. The van der Waals surface area contributed by atoms with Gasteiger partial charge in [-0.25, -0.2) is 9.78 Å². The van der Waals surface area contributed by atoms with Crippen molar-refractivity contribution in [1.82, 2.24) is 4.98 Å². The molecule has 0 saturated carbocycles. The maximum atomic E-state index is 13.3. The van der Waals surface area contributed by atoms with E-state index in [0.717, 1.165) is 16.9 Å². The van der Waals surface area contributed by atoms with Crippen molar-refractivity contribution in [2.45, 2.75) is 19.9 Å². The smallest absolute Gasteiger partial charge is 0.350 e. The predicted molar refractivity (Wildman–Crippen MR) is 136 cm³/mol. The minimum absolute atomic E-state index is 0.0291. The van der Waals surface area contributed by atoms with Crippen LogP contribution < -0.4 is 9.64 Å². The molecule has 1 aliphatic heterocycles. The number of aliphatic hydroxyl groups is 1. The summed E-state index contributed by atoms with van der Waals surface area (Å²) in [5.74, 6) is -1.98. The third kappa shape index (κ3) is 4.40. The Morgan fingerprint density at radius 3 is 2.56 bits per heavy atom. The first-order valence-electron chi connectivity index (χ1n) is 11.0. The number of rotatable bonds is 7. The third-order valence-corrected chi connectivity index (χ3v) is 6.87. The van der Waals surface area contributed by atoms with Gasteiger partial charge in [-0.05, 0) is 43.2 Å². The van der Waals surface area contributed by atoms with Gasteiger partial charge in [0.25, 0.3) is 5.78 Å². The zero-order chi connectivity index (χ0) is 26.0. The number of nitrogens with zero attached hydrogens (tertiary/aromatic N) is 2. The van der Waals surface area contributed by atoms with Crippen LogP contribution in [0.2, 0.25) is 0 Å². The normalized spacial score (nSPS) is 16.8. The van der Waals surface area contributed by atoms with Gasteiger partial charge in [-0.1, -0.05) is 54.3 Å². The van der Waals surface area contributed by atoms with E-state index >= 15 is 0 Å². The number of ether oxygens (including phenoxy) is 2. The maximum absolute atomic E-state index is 13.3. The molecule has 1 N–H and O–H groups in total. The van der Waals surface area contributed by atoms with Crippen molar-refractivity contribution in [3.63, 3.8) is 0 Å². The molecule has 1 aliphatic rings. The number of carbonyl (C=O) groups excluding carboxylic acids is 3. The van der Waals surface area contributed by atoms with Crippen molar-refractivity contribution in [1.29, 1.82) is 0 Å². The Morgan fingerprint density at radius 2 is 1.92 bits per heavy atom. The number of esters is 1. The van der Waals surface area contributed by atoms with E-state index in [9.17, 15) is 19.5 Å². The minimum Gasteiger partial charge on any atom is -0.507 e. The first kappa shape index (κ1) is 24.9. The van der Waals surface area contributed by atoms with E-state index in [4.69, 9.17) is 9.47 Å². The summed E-state index contributed by atoms with van der Waals surface area (Å²) >= 11 is 0.949. The number of hydrogen-bond acceptors (Lipinski definition) is 8. The SMILES string of the molecule is C=CCOC(=O)c1sc(N2C(=O)C(=O)/C(=C(/O)c3ccc(OC)c(C)c3)[C@@H]2c2ccccc2)nc1C. The van der Waals surface area contributed by atoms with Crippen LogP contribution in [0.15, 0.2) is 66.8 Å². The fourth-order valence-electron chi connectivity index (χ4n) is 4.04. The molecule has 184 valence electrons. The molecule has 1 saturated heterocycles. The number of anilines is 1. The lowest BCUT2D eigenvalue weighted by molar-refractivity contribution is -0.132. The number of ketones is 1. The van der Waals surface area contributed by atoms with Crippen LogP contribution in [-0.4, -0.2) is 41.5 Å². The summed E-state index contributed by atoms with van der Waals surface area (Å²) in [4.78, 5) is 44.9. The average molecular weight is 505 g/mol. The number of aryl methyl sites for hydroxylation is 2. The molecule has 2 heterocycles. The van der Waals surface area contributed by atoms with Crippen LogP contribution in [0, 0.1) is 13.8 Å². The quantitative estimate of drug-likeness (QED) is 0.163. The Hall–Kier alpha value is -4.24. The fourth-order valence-corrected chi connectivity index (χ4v) is 5.02. The summed E-state index contributed by atoms with van der Waals surface area (Å²) in [5.41, 5.74) is 2.02. The van der Waals surface area contributed by atoms with E-state index < -0.39 is 23.7 Å². The summed E-state index contributed by atoms with van der Waals surface area (Å²) in [6, 6.07) is 12.9. The monoisotopic (exact) mass is 504 g/mol. The zero-order valence-corrected chi connectivity index (χ0v) is 20.8. The van der Waals surface area contributed by atoms with Crippen molar-refractivity contribution >= 4 is 39.9 Å². The van der Waals surface area contributed by atoms with Crippen LogP contribution in [-0.2, 0) is 14.3 Å². The number of carbonyl (C=O) groups is 3. The van der Waals surface area contributed by atoms with Gasteiger partial charge in [0.2, 0.25) is 0 Å². The zero-order valence-electron chi connectivity index (χ0n) is 20.0. The summed E-state index contributed by atoms with van der Waals surface area (Å²) in [6.07, 6.45) is 1.45. The average Bonchev–Trinajstić information content (AvgIpc) is 3.39. The highest BCUT2D eigenvalue weighted by molar-refractivity contribution is 7.17. The topological polar surface area (TPSA) is 106 Å². The molecule has 2 aromatic carbocycles. The van der Waals surface area contributed by atoms with Crippen LogP contribution in [0.5, 0.6) is 5.75 Å². The summed E-state index contributed by atoms with van der Waals surface area (Å²) in [7, 11) is 1.54. The molecule has 9 heteroatoms. The Bertz CT molecular complexity index is 1390. The first-order chi connectivity index (χ1) is 17.3. The van der Waals surface area contributed by atoms with Crippen molar-refractivity contribution in [3.05, 3.63) is 94.0 Å². The number of benzene rings is 2. The lowest BCUT2D eigenvalue weighted by Crippen LogP contribution is -2.29. The van der Waals surface area contributed by atoms with Crippen LogP contribution in [0.1, 0.15) is 38.1 Å². The molecule has 0 bridgehead atoms. The Morgan fingerprint density at radius 1 is 1.19 bits per heavy atom. The minimum atomic E-state index is -0.948. The van der Waals surface area contributed by atoms with E-state index in [1.807, 2.05) is 13.0 Å². The molecule has 1 atom stereocenters. The molecule has 3 aromatic rings. The number of amides is 1. The molecule has 0 unspecified atom stereocenters. The molecule has 8 nitrogen and oxygen atoms in total. The van der Waals surface area contributed by atoms with E-state index in [2.05, 4.69) is 11.6 Å². The fraction of sp³-hybridized carbons (Fsp3) is 0.185. The van der Waals surface area contributed by atoms with Crippen LogP contribution in [0.25, 0.3) is 5.76 Å². The number of methoxy groups -OCH3 is 1. The lowest BCUT2D eigenvalue weighted by Gasteiger charge is -2.23. The van der Waals surface area contributed by atoms with Crippen LogP contribution >= 0.6 is 11.3 Å². The van der Waals surface area contributed by atoms with E-state index in [1.54, 1.807) is 56.5 Å². The van der Waals surface area contributed by atoms with Gasteiger partial charge in [0.05, 0.1) is 24.4 Å². The number of aromatic nitrogens is 1. The van der Waals surface area contributed by atoms with E-state index in [1.165, 1.54) is 11.0 Å². The predicted octanol–water partition coefficient (Wildman–Crippen LogP) is 4.74. The lowest BCUT2D eigenvalue weighted by atomic mass is 9.95. The molecule has 1 aromatic heterocycles. The molecule has 36 heavy (non-hydrogen) atoms. The maximum Gasteiger partial charge on any atom is 0.350 e. The summed E-state index contributed by atoms with van der Waals surface area (Å²) in [5, 5.41) is 11.4. The van der Waals surface area contributed by atoms with Crippen molar-refractivity contribution < 1.29 is 29.0 Å². The molecule has 1 fully saturated rings. The second-order valence-electron chi connectivity index (χ2n) is 8.06. The van der Waals surface area contributed by atoms with Crippen LogP contribution in [0.3, 0.4) is 0 Å². The Balaban J connectivity index is 1.87. The highest BCUT2D eigenvalue weighted by atomic mass is 32.1.